The first-order valence-corrected chi connectivity index (χ1v) is 11.4. The van der Waals surface area contributed by atoms with Crippen LogP contribution in [0.1, 0.15) is 13.3 Å². The molecule has 0 bridgehead atoms. The van der Waals surface area contributed by atoms with E-state index in [1.807, 2.05) is 19.1 Å². The van der Waals surface area contributed by atoms with E-state index in [1.165, 1.54) is 0 Å². The van der Waals surface area contributed by atoms with Gasteiger partial charge in [-0.2, -0.15) is 0 Å². The molecule has 0 saturated carbocycles. The van der Waals surface area contributed by atoms with E-state index in [4.69, 9.17) is 4.74 Å². The van der Waals surface area contributed by atoms with Gasteiger partial charge < -0.3 is 0 Å². The van der Waals surface area contributed by atoms with E-state index in [0.717, 1.165) is 17.2 Å². The summed E-state index contributed by atoms with van der Waals surface area (Å²) in [6.45, 7) is 2.02. The van der Waals surface area contributed by atoms with Crippen LogP contribution in [0.15, 0.2) is 36.4 Å². The summed E-state index contributed by atoms with van der Waals surface area (Å²) in [6.07, 6.45) is 0.796. The van der Waals surface area contributed by atoms with Crippen molar-refractivity contribution in [3.63, 3.8) is 0 Å². The van der Waals surface area contributed by atoms with Crippen LogP contribution >= 0.6 is 20.1 Å². The number of aromatic hydroxyl groups is 1. The number of hydrogen-bond acceptors (Lipinski definition) is 4. The minimum atomic E-state index is -1.05. The first kappa shape index (κ1) is 14.6. The molecule has 1 saturated heterocycles. The van der Waals surface area contributed by atoms with E-state index >= 15 is 0 Å². The van der Waals surface area contributed by atoms with Gasteiger partial charge in [0.05, 0.1) is 0 Å². The first-order valence-electron chi connectivity index (χ1n) is 6.88. The molecule has 0 aliphatic carbocycles. The zero-order valence-corrected chi connectivity index (χ0v) is 14.1. The molecule has 2 aromatic rings. The van der Waals surface area contributed by atoms with Gasteiger partial charge in [-0.15, -0.1) is 0 Å². The van der Waals surface area contributed by atoms with E-state index in [-0.39, 0.29) is 17.6 Å². The Balaban J connectivity index is 1.86. The van der Waals surface area contributed by atoms with Gasteiger partial charge in [0, 0.05) is 0 Å². The van der Waals surface area contributed by atoms with Crippen molar-refractivity contribution in [1.82, 2.24) is 3.53 Å². The summed E-state index contributed by atoms with van der Waals surface area (Å²) in [5.74, 6) is 0.568. The molecule has 112 valence electrons. The van der Waals surface area contributed by atoms with Crippen molar-refractivity contribution < 1.29 is 14.6 Å². The summed E-state index contributed by atoms with van der Waals surface area (Å²) >= 11 is -1.05. The zero-order valence-electron chi connectivity index (χ0n) is 12.0. The fourth-order valence-corrected chi connectivity index (χ4v) is 7.37. The normalized spacial score (nSPS) is 20.3. The number of esters is 1. The van der Waals surface area contributed by atoms with Crippen LogP contribution in [0.5, 0.6) is 11.5 Å². The molecule has 0 radical (unpaired) electrons. The number of rotatable bonds is 4. The number of ether oxygens (including phenoxy) is 1. The van der Waals surface area contributed by atoms with Gasteiger partial charge in [-0.1, -0.05) is 0 Å². The molecular formula is C16H18INO3. The van der Waals surface area contributed by atoms with Crippen molar-refractivity contribution in [1.29, 1.82) is 0 Å². The molecule has 21 heavy (non-hydrogen) atoms. The fraction of sp³-hybridized carbons (Fsp3) is 0.312. The third-order valence-corrected chi connectivity index (χ3v) is 7.88. The van der Waals surface area contributed by atoms with Crippen LogP contribution in [-0.4, -0.2) is 20.1 Å². The molecule has 3 rings (SSSR count). The van der Waals surface area contributed by atoms with Crippen LogP contribution < -0.4 is 8.27 Å². The number of nitrogens with one attached hydrogen (secondary N) is 1. The number of carbonyl (C=O) groups is 1. The second-order valence-corrected chi connectivity index (χ2v) is 10.0. The third kappa shape index (κ3) is 2.98. The summed E-state index contributed by atoms with van der Waals surface area (Å²) < 4.78 is 9.43. The number of alkyl halides is 2. The minimum absolute atomic E-state index is 0.0485. The molecule has 4 nitrogen and oxygen atoms in total. The molecule has 2 atom stereocenters. The number of halogens is 1. The van der Waals surface area contributed by atoms with E-state index in [2.05, 4.69) is 8.46 Å². The summed E-state index contributed by atoms with van der Waals surface area (Å²) in [5, 5.41) is 11.2. The molecule has 1 heterocycles. The number of benzene rings is 2. The maximum absolute atomic E-state index is 12.4. The first-order chi connectivity index (χ1) is 10.1. The quantitative estimate of drug-likeness (QED) is 0.157. The number of carbonyl (C=O) groups excluding carboxylic acids is 1. The Morgan fingerprint density at radius 1 is 1.43 bits per heavy atom. The van der Waals surface area contributed by atoms with Gasteiger partial charge >= 0.3 is 131 Å². The second kappa shape index (κ2) is 5.81. The Hall–Kier alpha value is -1.34. The van der Waals surface area contributed by atoms with Gasteiger partial charge in [0.2, 0.25) is 0 Å². The van der Waals surface area contributed by atoms with Crippen molar-refractivity contribution in [2.24, 2.45) is 5.92 Å². The number of phenolic OH excluding ortho intramolecular Hbond substituents is 1. The van der Waals surface area contributed by atoms with Crippen molar-refractivity contribution in [2.45, 2.75) is 17.4 Å². The Morgan fingerprint density at radius 2 is 2.19 bits per heavy atom. The van der Waals surface area contributed by atoms with Crippen LogP contribution in [0.25, 0.3) is 10.8 Å². The molecule has 0 amide bonds. The molecule has 0 spiro atoms. The van der Waals surface area contributed by atoms with Crippen molar-refractivity contribution in [3.8, 4) is 11.5 Å². The predicted octanol–water partition coefficient (Wildman–Crippen LogP) is 3.46. The van der Waals surface area contributed by atoms with Crippen molar-refractivity contribution in [3.05, 3.63) is 36.4 Å². The number of phenols is 1. The van der Waals surface area contributed by atoms with Gasteiger partial charge in [-0.25, -0.2) is 0 Å². The molecule has 1 aliphatic rings. The molecule has 1 fully saturated rings. The number of hydrogen-bond donors (Lipinski definition) is 2. The molecule has 1 aliphatic heterocycles. The van der Waals surface area contributed by atoms with Crippen molar-refractivity contribution in [2.75, 3.05) is 4.93 Å². The van der Waals surface area contributed by atoms with Gasteiger partial charge in [-0.05, 0) is 0 Å². The van der Waals surface area contributed by atoms with Crippen LogP contribution in [0.3, 0.4) is 0 Å². The van der Waals surface area contributed by atoms with E-state index in [9.17, 15) is 9.90 Å². The van der Waals surface area contributed by atoms with Gasteiger partial charge in [0.1, 0.15) is 0 Å². The third-order valence-electron chi connectivity index (χ3n) is 3.71. The Morgan fingerprint density at radius 3 is 2.86 bits per heavy atom. The monoisotopic (exact) mass is 399 g/mol. The summed E-state index contributed by atoms with van der Waals surface area (Å²) in [5.41, 5.74) is 0. The molecule has 5 heteroatoms. The Labute approximate surface area is 131 Å². The van der Waals surface area contributed by atoms with E-state index in [0.29, 0.717) is 9.80 Å². The predicted molar refractivity (Wildman–Crippen MR) is 91.9 cm³/mol. The average molecular weight is 399 g/mol. The Bertz CT molecular complexity index is 688. The molecule has 2 N–H and O–H groups in total. The average Bonchev–Trinajstić information content (AvgIpc) is 3.16. The molecule has 2 unspecified atom stereocenters. The van der Waals surface area contributed by atoms with Crippen LogP contribution in [0.2, 0.25) is 0 Å². The number of fused-ring (bicyclic) bond motifs is 1. The van der Waals surface area contributed by atoms with Crippen LogP contribution in [0.4, 0.5) is 0 Å². The van der Waals surface area contributed by atoms with Crippen LogP contribution in [-0.2, 0) is 4.79 Å². The zero-order chi connectivity index (χ0) is 15.0. The van der Waals surface area contributed by atoms with E-state index < -0.39 is 20.1 Å². The van der Waals surface area contributed by atoms with Crippen LogP contribution in [0, 0.1) is 5.92 Å². The topological polar surface area (TPSA) is 68.5 Å². The summed E-state index contributed by atoms with van der Waals surface area (Å²) in [7, 11) is 0. The van der Waals surface area contributed by atoms with Gasteiger partial charge in [0.15, 0.2) is 0 Å². The molecule has 0 aromatic heterocycles. The van der Waals surface area contributed by atoms with Crippen molar-refractivity contribution >= 4 is 36.8 Å². The standard InChI is InChI=1S/C16H18INO3/c1-3-12(15-17(2)18-15)16(20)21-14-6-4-5-10-9-11(19)7-8-13(10)14/h4-9,12,15,18-19H,3H2,1-2H3. The van der Waals surface area contributed by atoms with E-state index in [1.54, 1.807) is 24.3 Å². The maximum atomic E-state index is 12.4. The molecular weight excluding hydrogens is 381 g/mol. The Kier molecular flexibility index (Phi) is 4.03. The second-order valence-electron chi connectivity index (χ2n) is 5.12. The van der Waals surface area contributed by atoms with Gasteiger partial charge in [0.25, 0.3) is 0 Å². The summed E-state index contributed by atoms with van der Waals surface area (Å²) in [6, 6.07) is 10.6. The SMILES string of the molecule is CCC(C(=O)Oc1cccc2cc(O)ccc12)C1NI1C. The molecule has 2 aromatic carbocycles. The summed E-state index contributed by atoms with van der Waals surface area (Å²) in [4.78, 5) is 14.6. The fourth-order valence-electron chi connectivity index (χ4n) is 2.45. The van der Waals surface area contributed by atoms with Gasteiger partial charge in [-0.3, -0.25) is 0 Å².